The Bertz CT molecular complexity index is 156. The summed E-state index contributed by atoms with van der Waals surface area (Å²) in [5.74, 6) is 0. The van der Waals surface area contributed by atoms with E-state index in [0.717, 1.165) is 6.42 Å². The van der Waals surface area contributed by atoms with Gasteiger partial charge in [-0.3, -0.25) is 0 Å². The lowest BCUT2D eigenvalue weighted by Crippen LogP contribution is -2.52. The zero-order valence-corrected chi connectivity index (χ0v) is 10.2. The van der Waals surface area contributed by atoms with Gasteiger partial charge in [0.05, 0.1) is 0 Å². The Kier molecular flexibility index (Phi) is 4.84. The molecule has 0 fully saturated rings. The van der Waals surface area contributed by atoms with E-state index >= 15 is 0 Å². The molecule has 0 rings (SSSR count). The third-order valence-corrected chi connectivity index (χ3v) is 5.76. The van der Waals surface area contributed by atoms with Gasteiger partial charge in [0, 0.05) is 26.4 Å². The van der Waals surface area contributed by atoms with Crippen molar-refractivity contribution in [2.24, 2.45) is 0 Å². The lowest BCUT2D eigenvalue weighted by Gasteiger charge is -2.37. The lowest BCUT2D eigenvalue weighted by molar-refractivity contribution is 0.0958. The van der Waals surface area contributed by atoms with Gasteiger partial charge in [0.25, 0.3) is 0 Å². The summed E-state index contributed by atoms with van der Waals surface area (Å²) in [4.78, 5) is 0. The Balaban J connectivity index is 4.78. The van der Waals surface area contributed by atoms with Crippen molar-refractivity contribution in [3.05, 3.63) is 12.7 Å². The normalized spacial score (nSPS) is 13.0. The summed E-state index contributed by atoms with van der Waals surface area (Å²) >= 11 is 0. The van der Waals surface area contributed by atoms with Crippen molar-refractivity contribution in [3.8, 4) is 0 Å². The van der Waals surface area contributed by atoms with Crippen molar-refractivity contribution in [2.75, 3.05) is 21.3 Å². The molecule has 13 heavy (non-hydrogen) atoms. The molecule has 0 aromatic heterocycles. The van der Waals surface area contributed by atoms with Gasteiger partial charge in [-0.05, 0) is 6.42 Å². The molecule has 0 unspecified atom stereocenters. The molecule has 0 radical (unpaired) electrons. The molecular weight excluding hydrogens is 184 g/mol. The maximum atomic E-state index is 5.40. The molecule has 3 nitrogen and oxygen atoms in total. The van der Waals surface area contributed by atoms with Crippen LogP contribution in [0.25, 0.3) is 0 Å². The molecular formula is C9H20O3Si. The summed E-state index contributed by atoms with van der Waals surface area (Å²) in [6, 6.07) is 0. The molecule has 0 atom stereocenters. The fraction of sp³-hybridized carbons (Fsp3) is 0.778. The fourth-order valence-electron chi connectivity index (χ4n) is 1.56. The van der Waals surface area contributed by atoms with E-state index < -0.39 is 8.80 Å². The van der Waals surface area contributed by atoms with Crippen LogP contribution in [0.1, 0.15) is 20.3 Å². The average molecular weight is 204 g/mol. The monoisotopic (exact) mass is 204 g/mol. The second-order valence-corrected chi connectivity index (χ2v) is 7.24. The molecule has 0 spiro atoms. The first-order chi connectivity index (χ1) is 5.99. The summed E-state index contributed by atoms with van der Waals surface area (Å²) in [5.41, 5.74) is 0. The molecule has 0 N–H and O–H groups in total. The van der Waals surface area contributed by atoms with Gasteiger partial charge < -0.3 is 13.3 Å². The molecule has 0 amide bonds. The lowest BCUT2D eigenvalue weighted by atomic mass is 10.1. The van der Waals surface area contributed by atoms with Crippen LogP contribution in [0.3, 0.4) is 0 Å². The van der Waals surface area contributed by atoms with Gasteiger partial charge in [-0.2, -0.15) is 0 Å². The number of hydrogen-bond acceptors (Lipinski definition) is 3. The molecule has 0 aliphatic heterocycles. The Hall–Kier alpha value is -0.163. The van der Waals surface area contributed by atoms with E-state index in [4.69, 9.17) is 13.3 Å². The highest BCUT2D eigenvalue weighted by atomic mass is 28.4. The van der Waals surface area contributed by atoms with Crippen LogP contribution < -0.4 is 0 Å². The standard InChI is InChI=1S/C9H20O3Si/c1-7-8-9(2,3)13(10-4,11-5)12-6/h7H,1,8H2,2-6H3. The molecule has 0 aliphatic rings. The van der Waals surface area contributed by atoms with Crippen LogP contribution in [0.5, 0.6) is 0 Å². The first-order valence-corrected chi connectivity index (χ1v) is 5.98. The molecule has 0 saturated heterocycles. The third kappa shape index (κ3) is 2.40. The van der Waals surface area contributed by atoms with E-state index in [1.54, 1.807) is 21.3 Å². The van der Waals surface area contributed by atoms with Crippen LogP contribution >= 0.6 is 0 Å². The number of rotatable bonds is 6. The molecule has 0 aromatic carbocycles. The van der Waals surface area contributed by atoms with Crippen LogP contribution in [-0.2, 0) is 13.3 Å². The summed E-state index contributed by atoms with van der Waals surface area (Å²) in [6.45, 7) is 7.85. The van der Waals surface area contributed by atoms with E-state index in [1.807, 2.05) is 6.08 Å². The third-order valence-electron chi connectivity index (χ3n) is 2.29. The van der Waals surface area contributed by atoms with E-state index in [-0.39, 0.29) is 5.04 Å². The summed E-state index contributed by atoms with van der Waals surface area (Å²) < 4.78 is 16.2. The van der Waals surface area contributed by atoms with Crippen LogP contribution in [0.15, 0.2) is 12.7 Å². The predicted molar refractivity (Wildman–Crippen MR) is 55.6 cm³/mol. The highest BCUT2D eigenvalue weighted by molar-refractivity contribution is 6.64. The van der Waals surface area contributed by atoms with Crippen LogP contribution in [0, 0.1) is 0 Å². The first-order valence-electron chi connectivity index (χ1n) is 4.26. The van der Waals surface area contributed by atoms with Gasteiger partial charge in [-0.15, -0.1) is 6.58 Å². The maximum absolute atomic E-state index is 5.40. The maximum Gasteiger partial charge on any atom is 0.506 e. The van der Waals surface area contributed by atoms with Gasteiger partial charge in [-0.1, -0.05) is 19.9 Å². The predicted octanol–water partition coefficient (Wildman–Crippen LogP) is 2.22. The van der Waals surface area contributed by atoms with E-state index in [2.05, 4.69) is 20.4 Å². The van der Waals surface area contributed by atoms with Gasteiger partial charge in [0.1, 0.15) is 0 Å². The van der Waals surface area contributed by atoms with E-state index in [0.29, 0.717) is 0 Å². The van der Waals surface area contributed by atoms with Crippen molar-refractivity contribution < 1.29 is 13.3 Å². The Morgan fingerprint density at radius 2 is 1.54 bits per heavy atom. The first kappa shape index (κ1) is 12.8. The van der Waals surface area contributed by atoms with E-state index in [9.17, 15) is 0 Å². The Labute approximate surface area is 82.1 Å². The van der Waals surface area contributed by atoms with Crippen LogP contribution in [0.2, 0.25) is 5.04 Å². The highest BCUT2D eigenvalue weighted by Crippen LogP contribution is 2.41. The fourth-order valence-corrected chi connectivity index (χ4v) is 4.12. The van der Waals surface area contributed by atoms with Gasteiger partial charge in [0.15, 0.2) is 0 Å². The van der Waals surface area contributed by atoms with Crippen molar-refractivity contribution in [2.45, 2.75) is 25.3 Å². The molecule has 78 valence electrons. The van der Waals surface area contributed by atoms with Crippen LogP contribution in [-0.4, -0.2) is 30.1 Å². The topological polar surface area (TPSA) is 27.7 Å². The van der Waals surface area contributed by atoms with Crippen LogP contribution in [0.4, 0.5) is 0 Å². The largest absolute Gasteiger partial charge is 0.506 e. The highest BCUT2D eigenvalue weighted by Gasteiger charge is 2.52. The minimum absolute atomic E-state index is 0.132. The summed E-state index contributed by atoms with van der Waals surface area (Å²) in [6.07, 6.45) is 2.67. The minimum atomic E-state index is -2.54. The second-order valence-electron chi connectivity index (χ2n) is 3.55. The summed E-state index contributed by atoms with van der Waals surface area (Å²) in [7, 11) is 2.35. The Morgan fingerprint density at radius 1 is 1.15 bits per heavy atom. The smallest absolute Gasteiger partial charge is 0.377 e. The minimum Gasteiger partial charge on any atom is -0.377 e. The van der Waals surface area contributed by atoms with Crippen molar-refractivity contribution in [1.29, 1.82) is 0 Å². The quantitative estimate of drug-likeness (QED) is 0.490. The zero-order chi connectivity index (χ0) is 10.5. The van der Waals surface area contributed by atoms with Gasteiger partial charge in [-0.25, -0.2) is 0 Å². The molecule has 0 saturated carbocycles. The van der Waals surface area contributed by atoms with E-state index in [1.165, 1.54) is 0 Å². The number of allylic oxidation sites excluding steroid dienone is 1. The average Bonchev–Trinajstić information content (AvgIpc) is 2.07. The van der Waals surface area contributed by atoms with Gasteiger partial charge >= 0.3 is 8.80 Å². The number of hydrogen-bond donors (Lipinski definition) is 0. The van der Waals surface area contributed by atoms with Crippen molar-refractivity contribution in [1.82, 2.24) is 0 Å². The second kappa shape index (κ2) is 4.90. The molecule has 0 heterocycles. The van der Waals surface area contributed by atoms with Crippen molar-refractivity contribution >= 4 is 8.80 Å². The molecule has 0 aromatic rings. The molecule has 4 heteroatoms. The summed E-state index contributed by atoms with van der Waals surface area (Å²) in [5, 5.41) is -0.132. The molecule has 0 aliphatic carbocycles. The van der Waals surface area contributed by atoms with Gasteiger partial charge in [0.2, 0.25) is 0 Å². The molecule has 0 bridgehead atoms. The SMILES string of the molecule is C=CCC(C)(C)[Si](OC)(OC)OC. The zero-order valence-electron chi connectivity index (χ0n) is 9.22. The Morgan fingerprint density at radius 3 is 1.77 bits per heavy atom. The van der Waals surface area contributed by atoms with Crippen molar-refractivity contribution in [3.63, 3.8) is 0 Å².